The molecule has 0 saturated carbocycles. The zero-order valence-electron chi connectivity index (χ0n) is 4.70. The third-order valence-electron chi connectivity index (χ3n) is 1.24. The molecule has 0 saturated heterocycles. The van der Waals surface area contributed by atoms with Crippen LogP contribution in [-0.4, -0.2) is 12.8 Å². The molecule has 0 amide bonds. The highest BCUT2D eigenvalue weighted by molar-refractivity contribution is 5.84. The molecule has 2 heterocycles. The fraction of sp³-hybridized carbons (Fsp3) is 0.167. The lowest BCUT2D eigenvalue weighted by atomic mass is 10.2. The smallest absolute Gasteiger partial charge is 0.166 e. The summed E-state index contributed by atoms with van der Waals surface area (Å²) in [7, 11) is 0. The van der Waals surface area contributed by atoms with Crippen LogP contribution in [0.25, 0.3) is 0 Å². The summed E-state index contributed by atoms with van der Waals surface area (Å²) in [4.78, 5) is 4.62. The molecule has 0 unspecified atom stereocenters. The third kappa shape index (κ3) is 0.614. The lowest BCUT2D eigenvalue weighted by molar-refractivity contribution is 0.214. The first kappa shape index (κ1) is 4.61. The van der Waals surface area contributed by atoms with Crippen LogP contribution in [0.2, 0.25) is 0 Å². The van der Waals surface area contributed by atoms with Crippen LogP contribution in [-0.2, 0) is 9.57 Å². The molecule has 0 aromatic carbocycles. The fourth-order valence-corrected chi connectivity index (χ4v) is 0.789. The van der Waals surface area contributed by atoms with Crippen molar-refractivity contribution in [2.45, 2.75) is 0 Å². The number of oxime groups is 1. The van der Waals surface area contributed by atoms with E-state index in [0.29, 0.717) is 6.61 Å². The average Bonchev–Trinajstić information content (AvgIpc) is 2.33. The van der Waals surface area contributed by atoms with Crippen molar-refractivity contribution in [1.82, 2.24) is 0 Å². The number of nitrogens with zero attached hydrogens (tertiary/aromatic N) is 1. The Morgan fingerprint density at radius 2 is 2.56 bits per heavy atom. The van der Waals surface area contributed by atoms with Gasteiger partial charge in [-0.2, -0.15) is 0 Å². The van der Waals surface area contributed by atoms with Gasteiger partial charge < -0.3 is 9.57 Å². The van der Waals surface area contributed by atoms with E-state index in [-0.39, 0.29) is 0 Å². The van der Waals surface area contributed by atoms with Crippen LogP contribution in [0.1, 0.15) is 0 Å². The largest absolute Gasteiger partial charge is 0.485 e. The van der Waals surface area contributed by atoms with Crippen molar-refractivity contribution in [1.29, 1.82) is 0 Å². The van der Waals surface area contributed by atoms with Crippen LogP contribution in [0.4, 0.5) is 0 Å². The second kappa shape index (κ2) is 1.62. The van der Waals surface area contributed by atoms with Crippen LogP contribution < -0.4 is 0 Å². The minimum Gasteiger partial charge on any atom is -0.485 e. The van der Waals surface area contributed by atoms with Gasteiger partial charge in [-0.1, -0.05) is 5.16 Å². The van der Waals surface area contributed by atoms with Crippen molar-refractivity contribution in [2.24, 2.45) is 5.16 Å². The molecule has 0 aromatic rings. The van der Waals surface area contributed by atoms with E-state index in [9.17, 15) is 0 Å². The molecule has 0 atom stereocenters. The first-order chi connectivity index (χ1) is 4.47. The van der Waals surface area contributed by atoms with Crippen LogP contribution in [0.15, 0.2) is 28.8 Å². The van der Waals surface area contributed by atoms with E-state index in [2.05, 4.69) is 9.99 Å². The number of rotatable bonds is 0. The molecule has 0 bridgehead atoms. The van der Waals surface area contributed by atoms with Crippen LogP contribution in [0.3, 0.4) is 0 Å². The molecular weight excluding hydrogens is 118 g/mol. The topological polar surface area (TPSA) is 30.8 Å². The van der Waals surface area contributed by atoms with Gasteiger partial charge >= 0.3 is 0 Å². The van der Waals surface area contributed by atoms with Crippen molar-refractivity contribution in [2.75, 3.05) is 6.61 Å². The first-order valence-corrected chi connectivity index (χ1v) is 2.69. The lowest BCUT2D eigenvalue weighted by Crippen LogP contribution is -1.93. The predicted molar refractivity (Wildman–Crippen MR) is 31.7 cm³/mol. The SMILES string of the molecule is C1=NOC=C2OCC=C12. The summed E-state index contributed by atoms with van der Waals surface area (Å²) in [5.74, 6) is 0.782. The Morgan fingerprint density at radius 3 is 3.44 bits per heavy atom. The normalized spacial score (nSPS) is 21.3. The standard InChI is InChI=1S/C6H5NO2/c1-2-8-6-4-9-7-3-5(1)6/h1,3-4H,2H2. The van der Waals surface area contributed by atoms with Gasteiger partial charge in [-0.15, -0.1) is 0 Å². The number of ether oxygens (including phenoxy) is 1. The maximum absolute atomic E-state index is 5.11. The molecule has 2 rings (SSSR count). The Hall–Kier alpha value is -1.25. The van der Waals surface area contributed by atoms with Gasteiger partial charge in [0.25, 0.3) is 0 Å². The summed E-state index contributed by atoms with van der Waals surface area (Å²) in [5.41, 5.74) is 1.02. The molecule has 9 heavy (non-hydrogen) atoms. The Morgan fingerprint density at radius 1 is 1.56 bits per heavy atom. The van der Waals surface area contributed by atoms with Crippen LogP contribution in [0.5, 0.6) is 0 Å². The molecule has 2 aliphatic rings. The maximum Gasteiger partial charge on any atom is 0.166 e. The highest BCUT2D eigenvalue weighted by Crippen LogP contribution is 2.18. The van der Waals surface area contributed by atoms with Crippen molar-refractivity contribution in [3.05, 3.63) is 23.7 Å². The van der Waals surface area contributed by atoms with E-state index in [1.54, 1.807) is 6.21 Å². The maximum atomic E-state index is 5.11. The molecule has 0 radical (unpaired) electrons. The number of fused-ring (bicyclic) bond motifs is 1. The van der Waals surface area contributed by atoms with Crippen molar-refractivity contribution in [3.8, 4) is 0 Å². The van der Waals surface area contributed by atoms with Gasteiger partial charge in [-0.05, 0) is 6.08 Å². The lowest BCUT2D eigenvalue weighted by Gasteiger charge is -2.02. The van der Waals surface area contributed by atoms with Crippen molar-refractivity contribution in [3.63, 3.8) is 0 Å². The highest BCUT2D eigenvalue weighted by Gasteiger charge is 2.13. The van der Waals surface area contributed by atoms with Gasteiger partial charge in [0.15, 0.2) is 12.0 Å². The first-order valence-electron chi connectivity index (χ1n) is 2.69. The molecule has 0 fully saturated rings. The minimum atomic E-state index is 0.635. The van der Waals surface area contributed by atoms with Crippen LogP contribution >= 0.6 is 0 Å². The van der Waals surface area contributed by atoms with Gasteiger partial charge in [0, 0.05) is 5.57 Å². The number of hydrogen-bond acceptors (Lipinski definition) is 3. The quantitative estimate of drug-likeness (QED) is 0.477. The van der Waals surface area contributed by atoms with E-state index in [4.69, 9.17) is 4.74 Å². The minimum absolute atomic E-state index is 0.635. The molecule has 3 nitrogen and oxygen atoms in total. The average molecular weight is 123 g/mol. The number of hydrogen-bond donors (Lipinski definition) is 0. The van der Waals surface area contributed by atoms with E-state index >= 15 is 0 Å². The highest BCUT2D eigenvalue weighted by atomic mass is 16.6. The molecule has 0 aromatic heterocycles. The summed E-state index contributed by atoms with van der Waals surface area (Å²) in [5, 5.41) is 3.57. The summed E-state index contributed by atoms with van der Waals surface area (Å²) in [6.45, 7) is 0.635. The monoisotopic (exact) mass is 123 g/mol. The predicted octanol–water partition coefficient (Wildman–Crippen LogP) is 0.800. The van der Waals surface area contributed by atoms with E-state index in [0.717, 1.165) is 11.3 Å². The third-order valence-corrected chi connectivity index (χ3v) is 1.24. The zero-order chi connectivity index (χ0) is 6.10. The Kier molecular flexibility index (Phi) is 0.828. The molecule has 0 aliphatic carbocycles. The summed E-state index contributed by atoms with van der Waals surface area (Å²) in [6.07, 6.45) is 5.10. The second-order valence-corrected chi connectivity index (χ2v) is 1.79. The molecule has 46 valence electrons. The van der Waals surface area contributed by atoms with E-state index < -0.39 is 0 Å². The Balaban J connectivity index is 2.37. The molecule has 3 heteroatoms. The van der Waals surface area contributed by atoms with Crippen molar-refractivity contribution < 1.29 is 9.57 Å². The number of allylic oxidation sites excluding steroid dienone is 1. The summed E-state index contributed by atoms with van der Waals surface area (Å²) in [6, 6.07) is 0. The molecule has 0 N–H and O–H groups in total. The summed E-state index contributed by atoms with van der Waals surface area (Å²) < 4.78 is 5.11. The Bertz CT molecular complexity index is 215. The molecule has 2 aliphatic heterocycles. The van der Waals surface area contributed by atoms with Gasteiger partial charge in [0.2, 0.25) is 0 Å². The van der Waals surface area contributed by atoms with Gasteiger partial charge in [0.1, 0.15) is 6.61 Å². The molecular formula is C6H5NO2. The van der Waals surface area contributed by atoms with Crippen molar-refractivity contribution >= 4 is 6.21 Å². The van der Waals surface area contributed by atoms with Gasteiger partial charge in [0.05, 0.1) is 6.21 Å². The second-order valence-electron chi connectivity index (χ2n) is 1.79. The van der Waals surface area contributed by atoms with Gasteiger partial charge in [-0.25, -0.2) is 0 Å². The van der Waals surface area contributed by atoms with E-state index in [1.165, 1.54) is 6.26 Å². The Labute approximate surface area is 52.2 Å². The fourth-order valence-electron chi connectivity index (χ4n) is 0.789. The zero-order valence-corrected chi connectivity index (χ0v) is 4.70. The van der Waals surface area contributed by atoms with Gasteiger partial charge in [-0.3, -0.25) is 0 Å². The van der Waals surface area contributed by atoms with Crippen LogP contribution in [0, 0.1) is 0 Å². The van der Waals surface area contributed by atoms with E-state index in [1.807, 2.05) is 6.08 Å². The summed E-state index contributed by atoms with van der Waals surface area (Å²) >= 11 is 0. The molecule has 0 spiro atoms.